The normalized spacial score (nSPS) is 22.1. The van der Waals surface area contributed by atoms with Crippen molar-refractivity contribution in [2.75, 3.05) is 0 Å². The summed E-state index contributed by atoms with van der Waals surface area (Å²) in [6.45, 7) is 3.38. The molecule has 5 heteroatoms. The maximum absolute atomic E-state index is 12.6. The molecule has 3 rings (SSSR count). The minimum Gasteiger partial charge on any atom is -0.467 e. The molecule has 1 aliphatic rings. The molecule has 0 saturated heterocycles. The summed E-state index contributed by atoms with van der Waals surface area (Å²) in [6, 6.07) is 12.1. The Labute approximate surface area is 134 Å². The Bertz CT molecular complexity index is 794. The second-order valence-electron chi connectivity index (χ2n) is 6.12. The number of carbonyl (C=O) groups excluding carboxylic acids is 1. The highest BCUT2D eigenvalue weighted by molar-refractivity contribution is 6.03. The topological polar surface area (TPSA) is 83.2 Å². The first kappa shape index (κ1) is 15.2. The molecular formula is C18H16N2O3. The number of Topliss-reactive ketones (excluding diaryl/α,β-unsaturated/α-hetero) is 1. The Morgan fingerprint density at radius 3 is 2.74 bits per heavy atom. The third kappa shape index (κ3) is 2.47. The second-order valence-corrected chi connectivity index (χ2v) is 6.12. The van der Waals surface area contributed by atoms with Crippen molar-refractivity contribution in [3.8, 4) is 11.9 Å². The number of fused-ring (bicyclic) bond motifs is 1. The standard InChI is InChI=1S/C18H16N2O3/c1-18(2)16(21)12-7-6-11(10-19)9-13(12)15(17(18)22)23-14-5-3-4-8-20-14/h3-9,15,17,22H,1-2H3/t15-,17+/m0/s1. The predicted octanol–water partition coefficient (Wildman–Crippen LogP) is 2.66. The lowest BCUT2D eigenvalue weighted by molar-refractivity contribution is -0.0379. The van der Waals surface area contributed by atoms with Crippen LogP contribution in [0.4, 0.5) is 0 Å². The molecule has 0 saturated carbocycles. The van der Waals surface area contributed by atoms with Gasteiger partial charge in [-0.15, -0.1) is 0 Å². The quantitative estimate of drug-likeness (QED) is 0.922. The fourth-order valence-electron chi connectivity index (χ4n) is 2.78. The van der Waals surface area contributed by atoms with Crippen LogP contribution in [0.3, 0.4) is 0 Å². The van der Waals surface area contributed by atoms with Gasteiger partial charge in [-0.25, -0.2) is 4.98 Å². The number of pyridine rings is 1. The van der Waals surface area contributed by atoms with Crippen molar-refractivity contribution in [2.45, 2.75) is 26.1 Å². The number of aromatic nitrogens is 1. The molecule has 5 nitrogen and oxygen atoms in total. The number of aliphatic hydroxyl groups is 1. The first-order chi connectivity index (χ1) is 10.9. The lowest BCUT2D eigenvalue weighted by atomic mass is 9.69. The van der Waals surface area contributed by atoms with E-state index >= 15 is 0 Å². The number of ether oxygens (including phenoxy) is 1. The Morgan fingerprint density at radius 1 is 1.30 bits per heavy atom. The van der Waals surface area contributed by atoms with Crippen molar-refractivity contribution in [1.29, 1.82) is 5.26 Å². The largest absolute Gasteiger partial charge is 0.467 e. The van der Waals surface area contributed by atoms with Gasteiger partial charge >= 0.3 is 0 Å². The van der Waals surface area contributed by atoms with E-state index in [1.54, 1.807) is 56.4 Å². The summed E-state index contributed by atoms with van der Waals surface area (Å²) in [5.41, 5.74) is 0.422. The van der Waals surface area contributed by atoms with E-state index in [0.717, 1.165) is 0 Å². The maximum atomic E-state index is 12.6. The van der Waals surface area contributed by atoms with Crippen LogP contribution in [0.5, 0.6) is 5.88 Å². The van der Waals surface area contributed by atoms with E-state index < -0.39 is 17.6 Å². The summed E-state index contributed by atoms with van der Waals surface area (Å²) < 4.78 is 5.85. The average Bonchev–Trinajstić information content (AvgIpc) is 2.57. The predicted molar refractivity (Wildman–Crippen MR) is 82.9 cm³/mol. The number of nitriles is 1. The highest BCUT2D eigenvalue weighted by Crippen LogP contribution is 2.43. The molecule has 1 aromatic heterocycles. The van der Waals surface area contributed by atoms with Gasteiger partial charge in [0.05, 0.1) is 17.0 Å². The smallest absolute Gasteiger partial charge is 0.213 e. The van der Waals surface area contributed by atoms with Crippen LogP contribution in [-0.4, -0.2) is 22.0 Å². The van der Waals surface area contributed by atoms with E-state index in [2.05, 4.69) is 4.98 Å². The minimum atomic E-state index is -1.04. The molecule has 1 N–H and O–H groups in total. The molecule has 1 aliphatic carbocycles. The lowest BCUT2D eigenvalue weighted by Crippen LogP contribution is -2.47. The summed E-state index contributed by atoms with van der Waals surface area (Å²) in [4.78, 5) is 16.7. The Kier molecular flexibility index (Phi) is 3.63. The van der Waals surface area contributed by atoms with Crippen molar-refractivity contribution >= 4 is 5.78 Å². The number of nitrogens with zero attached hydrogens (tertiary/aromatic N) is 2. The van der Waals surface area contributed by atoms with E-state index in [1.807, 2.05) is 6.07 Å². The fourth-order valence-corrected chi connectivity index (χ4v) is 2.78. The second kappa shape index (κ2) is 5.49. The number of hydrogen-bond donors (Lipinski definition) is 1. The molecule has 2 atom stereocenters. The third-order valence-electron chi connectivity index (χ3n) is 4.23. The zero-order valence-corrected chi connectivity index (χ0v) is 12.9. The molecule has 1 heterocycles. The van der Waals surface area contributed by atoms with Crippen molar-refractivity contribution in [1.82, 2.24) is 4.98 Å². The summed E-state index contributed by atoms with van der Waals surface area (Å²) in [5, 5.41) is 19.8. The molecule has 0 fully saturated rings. The highest BCUT2D eigenvalue weighted by Gasteiger charge is 2.48. The van der Waals surface area contributed by atoms with Crippen LogP contribution >= 0.6 is 0 Å². The van der Waals surface area contributed by atoms with Crippen molar-refractivity contribution in [3.63, 3.8) is 0 Å². The molecule has 0 unspecified atom stereocenters. The number of hydrogen-bond acceptors (Lipinski definition) is 5. The first-order valence-electron chi connectivity index (χ1n) is 7.29. The Hall–Kier alpha value is -2.71. The molecule has 0 amide bonds. The SMILES string of the molecule is CC1(C)C(=O)c2ccc(C#N)cc2[C@H](Oc2ccccn2)[C@H]1O. The fraction of sp³-hybridized carbons (Fsp3) is 0.278. The molecule has 0 bridgehead atoms. The summed E-state index contributed by atoms with van der Waals surface area (Å²) in [5.74, 6) is 0.195. The molecular weight excluding hydrogens is 292 g/mol. The van der Waals surface area contributed by atoms with Crippen molar-refractivity contribution in [2.24, 2.45) is 5.41 Å². The van der Waals surface area contributed by atoms with Crippen LogP contribution in [0.2, 0.25) is 0 Å². The molecule has 2 aromatic rings. The number of carbonyl (C=O) groups is 1. The lowest BCUT2D eigenvalue weighted by Gasteiger charge is -2.40. The zero-order valence-electron chi connectivity index (χ0n) is 12.9. The van der Waals surface area contributed by atoms with Gasteiger partial charge in [0.2, 0.25) is 5.88 Å². The van der Waals surface area contributed by atoms with E-state index in [1.165, 1.54) is 0 Å². The highest BCUT2D eigenvalue weighted by atomic mass is 16.5. The van der Waals surface area contributed by atoms with Crippen LogP contribution in [0.15, 0.2) is 42.6 Å². The van der Waals surface area contributed by atoms with E-state index in [9.17, 15) is 9.90 Å². The van der Waals surface area contributed by atoms with Gasteiger partial charge in [0, 0.05) is 23.4 Å². The Morgan fingerprint density at radius 2 is 2.09 bits per heavy atom. The van der Waals surface area contributed by atoms with Crippen LogP contribution in [0.1, 0.15) is 41.4 Å². The van der Waals surface area contributed by atoms with E-state index in [0.29, 0.717) is 22.6 Å². The van der Waals surface area contributed by atoms with E-state index in [4.69, 9.17) is 10.00 Å². The molecule has 0 radical (unpaired) electrons. The van der Waals surface area contributed by atoms with Crippen LogP contribution in [0.25, 0.3) is 0 Å². The van der Waals surface area contributed by atoms with Gasteiger partial charge in [0.25, 0.3) is 0 Å². The number of rotatable bonds is 2. The van der Waals surface area contributed by atoms with Gasteiger partial charge in [0.15, 0.2) is 11.9 Å². The number of ketones is 1. The van der Waals surface area contributed by atoms with Crippen molar-refractivity contribution < 1.29 is 14.6 Å². The summed E-state index contributed by atoms with van der Waals surface area (Å²) in [7, 11) is 0. The van der Waals surface area contributed by atoms with Gasteiger partial charge in [-0.05, 0) is 38.1 Å². The van der Waals surface area contributed by atoms with Crippen LogP contribution in [0, 0.1) is 16.7 Å². The number of aliphatic hydroxyl groups excluding tert-OH is 1. The average molecular weight is 308 g/mol. The molecule has 23 heavy (non-hydrogen) atoms. The third-order valence-corrected chi connectivity index (χ3v) is 4.23. The first-order valence-corrected chi connectivity index (χ1v) is 7.29. The molecule has 116 valence electrons. The van der Waals surface area contributed by atoms with Gasteiger partial charge in [-0.2, -0.15) is 5.26 Å². The molecule has 1 aromatic carbocycles. The monoisotopic (exact) mass is 308 g/mol. The van der Waals surface area contributed by atoms with Crippen molar-refractivity contribution in [3.05, 3.63) is 59.3 Å². The zero-order chi connectivity index (χ0) is 16.6. The molecule has 0 aliphatic heterocycles. The maximum Gasteiger partial charge on any atom is 0.213 e. The minimum absolute atomic E-state index is 0.162. The van der Waals surface area contributed by atoms with Crippen LogP contribution < -0.4 is 4.74 Å². The summed E-state index contributed by atoms with van der Waals surface area (Å²) >= 11 is 0. The van der Waals surface area contributed by atoms with Gasteiger partial charge in [-0.1, -0.05) is 6.07 Å². The van der Waals surface area contributed by atoms with Gasteiger partial charge in [-0.3, -0.25) is 4.79 Å². The van der Waals surface area contributed by atoms with Gasteiger partial charge in [0.1, 0.15) is 6.10 Å². The van der Waals surface area contributed by atoms with Gasteiger partial charge < -0.3 is 9.84 Å². The number of benzene rings is 1. The summed E-state index contributed by atoms with van der Waals surface area (Å²) in [6.07, 6.45) is -0.215. The van der Waals surface area contributed by atoms with Crippen LogP contribution in [-0.2, 0) is 0 Å². The molecule has 0 spiro atoms. The van der Waals surface area contributed by atoms with E-state index in [-0.39, 0.29) is 5.78 Å². The Balaban J connectivity index is 2.12.